The lowest BCUT2D eigenvalue weighted by Crippen LogP contribution is -2.35. The molecule has 0 spiro atoms. The summed E-state index contributed by atoms with van der Waals surface area (Å²) in [7, 11) is 1.52. The zero-order valence-electron chi connectivity index (χ0n) is 15.4. The molecule has 0 saturated carbocycles. The van der Waals surface area contributed by atoms with Crippen LogP contribution in [0.25, 0.3) is 6.08 Å². The van der Waals surface area contributed by atoms with Gasteiger partial charge in [-0.2, -0.15) is 0 Å². The minimum Gasteiger partial charge on any atom is -0.358 e. The normalized spacial score (nSPS) is 16.2. The third-order valence-corrected chi connectivity index (χ3v) is 5.86. The van der Waals surface area contributed by atoms with E-state index >= 15 is 0 Å². The Kier molecular flexibility index (Phi) is 6.62. The highest BCUT2D eigenvalue weighted by Crippen LogP contribution is 2.33. The first-order valence-corrected chi connectivity index (χ1v) is 10.2. The van der Waals surface area contributed by atoms with Gasteiger partial charge in [0.05, 0.1) is 21.0 Å². The maximum atomic E-state index is 14.4. The first kappa shape index (κ1) is 21.4. The fraction of sp³-hybridized carbons (Fsp3) is 0.150. The van der Waals surface area contributed by atoms with Crippen molar-refractivity contribution < 1.29 is 14.0 Å². The van der Waals surface area contributed by atoms with E-state index in [1.807, 2.05) is 0 Å². The van der Waals surface area contributed by atoms with Gasteiger partial charge in [-0.3, -0.25) is 14.5 Å². The first-order valence-electron chi connectivity index (χ1n) is 8.54. The van der Waals surface area contributed by atoms with Gasteiger partial charge in [0.2, 0.25) is 5.91 Å². The number of anilines is 1. The highest BCUT2D eigenvalue weighted by atomic mass is 35.5. The fourth-order valence-electron chi connectivity index (χ4n) is 2.60. The van der Waals surface area contributed by atoms with Crippen LogP contribution in [-0.4, -0.2) is 29.3 Å². The summed E-state index contributed by atoms with van der Waals surface area (Å²) in [6, 6.07) is 10.8. The summed E-state index contributed by atoms with van der Waals surface area (Å²) >= 11 is 13.0. The number of rotatable bonds is 4. The third kappa shape index (κ3) is 4.63. The number of aliphatic imine (C=N–C) groups is 1. The van der Waals surface area contributed by atoms with Crippen molar-refractivity contribution in [1.29, 1.82) is 0 Å². The van der Waals surface area contributed by atoms with Crippen molar-refractivity contribution in [3.8, 4) is 0 Å². The van der Waals surface area contributed by atoms with Gasteiger partial charge < -0.3 is 5.32 Å². The van der Waals surface area contributed by atoms with Gasteiger partial charge in [0.1, 0.15) is 11.5 Å². The van der Waals surface area contributed by atoms with Gasteiger partial charge in [0.25, 0.3) is 5.91 Å². The van der Waals surface area contributed by atoms with Gasteiger partial charge in [-0.25, -0.2) is 9.38 Å². The first-order chi connectivity index (χ1) is 13.8. The number of benzene rings is 2. The maximum absolute atomic E-state index is 14.4. The Morgan fingerprint density at radius 2 is 1.97 bits per heavy atom. The van der Waals surface area contributed by atoms with Crippen molar-refractivity contribution in [2.45, 2.75) is 12.2 Å². The Labute approximate surface area is 181 Å². The number of thioether (sulfide) groups is 1. The standard InChI is InChI=1S/C20H16Cl2FN3O2S/c1-11(18(27)24-2)29-20-25-16(10-12-7-8-13(21)14(22)9-12)19(28)26(20)17-6-4-3-5-15(17)23/h3-11H,1-2H3,(H,24,27)/b16-10-. The molecule has 0 radical (unpaired) electrons. The molecule has 1 unspecified atom stereocenters. The molecule has 1 aliphatic rings. The van der Waals surface area contributed by atoms with Crippen LogP contribution in [0.15, 0.2) is 53.2 Å². The quantitative estimate of drug-likeness (QED) is 0.682. The highest BCUT2D eigenvalue weighted by molar-refractivity contribution is 8.15. The molecule has 0 fully saturated rings. The molecule has 1 atom stereocenters. The predicted molar refractivity (Wildman–Crippen MR) is 117 cm³/mol. The van der Waals surface area contributed by atoms with Crippen molar-refractivity contribution >= 4 is 63.7 Å². The molecule has 0 aliphatic carbocycles. The van der Waals surface area contributed by atoms with E-state index in [0.717, 1.165) is 11.8 Å². The minimum atomic E-state index is -0.572. The Balaban J connectivity index is 2.03. The lowest BCUT2D eigenvalue weighted by atomic mass is 10.2. The smallest absolute Gasteiger partial charge is 0.283 e. The molecule has 150 valence electrons. The van der Waals surface area contributed by atoms with Crippen LogP contribution in [0.4, 0.5) is 10.1 Å². The van der Waals surface area contributed by atoms with E-state index in [2.05, 4.69) is 10.3 Å². The van der Waals surface area contributed by atoms with Crippen LogP contribution in [-0.2, 0) is 9.59 Å². The molecular formula is C20H16Cl2FN3O2S. The molecule has 1 N–H and O–H groups in total. The van der Waals surface area contributed by atoms with Crippen LogP contribution >= 0.6 is 35.0 Å². The largest absolute Gasteiger partial charge is 0.358 e. The number of carbonyl (C=O) groups excluding carboxylic acids is 2. The molecule has 5 nitrogen and oxygen atoms in total. The van der Waals surface area contributed by atoms with E-state index in [1.165, 1.54) is 36.2 Å². The van der Waals surface area contributed by atoms with Gasteiger partial charge in [-0.05, 0) is 42.8 Å². The zero-order valence-corrected chi connectivity index (χ0v) is 17.8. The van der Waals surface area contributed by atoms with Crippen LogP contribution in [0, 0.1) is 5.82 Å². The monoisotopic (exact) mass is 451 g/mol. The summed E-state index contributed by atoms with van der Waals surface area (Å²) in [4.78, 5) is 30.5. The Hall–Kier alpha value is -2.35. The van der Waals surface area contributed by atoms with Crippen LogP contribution < -0.4 is 10.2 Å². The highest BCUT2D eigenvalue weighted by Gasteiger charge is 2.35. The summed E-state index contributed by atoms with van der Waals surface area (Å²) in [6.07, 6.45) is 1.54. The van der Waals surface area contributed by atoms with E-state index in [0.29, 0.717) is 15.6 Å². The number of nitrogens with one attached hydrogen (secondary N) is 1. The number of carbonyl (C=O) groups is 2. The van der Waals surface area contributed by atoms with Crippen molar-refractivity contribution in [3.63, 3.8) is 0 Å². The molecule has 3 rings (SSSR count). The van der Waals surface area contributed by atoms with Crippen molar-refractivity contribution in [2.24, 2.45) is 4.99 Å². The van der Waals surface area contributed by atoms with Crippen molar-refractivity contribution in [3.05, 3.63) is 69.6 Å². The van der Waals surface area contributed by atoms with Crippen LogP contribution in [0.3, 0.4) is 0 Å². The fourth-order valence-corrected chi connectivity index (χ4v) is 3.88. The van der Waals surface area contributed by atoms with Gasteiger partial charge in [0.15, 0.2) is 5.17 Å². The molecule has 2 aromatic carbocycles. The van der Waals surface area contributed by atoms with Crippen LogP contribution in [0.5, 0.6) is 0 Å². The molecule has 9 heteroatoms. The molecule has 2 amide bonds. The minimum absolute atomic E-state index is 0.0606. The summed E-state index contributed by atoms with van der Waals surface area (Å²) in [5, 5.41) is 2.94. The maximum Gasteiger partial charge on any atom is 0.283 e. The molecule has 1 heterocycles. The van der Waals surface area contributed by atoms with E-state index in [4.69, 9.17) is 23.2 Å². The van der Waals surface area contributed by atoms with E-state index in [1.54, 1.807) is 31.2 Å². The average Bonchev–Trinajstić information content (AvgIpc) is 2.99. The second-order valence-corrected chi connectivity index (χ2v) is 8.19. The Morgan fingerprint density at radius 1 is 1.24 bits per heavy atom. The number of amidine groups is 1. The number of hydrogen-bond donors (Lipinski definition) is 1. The molecule has 2 aromatic rings. The lowest BCUT2D eigenvalue weighted by Gasteiger charge is -2.20. The van der Waals surface area contributed by atoms with Gasteiger partial charge in [-0.15, -0.1) is 0 Å². The summed E-state index contributed by atoms with van der Waals surface area (Å²) < 4.78 is 14.4. The summed E-state index contributed by atoms with van der Waals surface area (Å²) in [5.74, 6) is -1.31. The van der Waals surface area contributed by atoms with Crippen molar-refractivity contribution in [1.82, 2.24) is 5.32 Å². The Bertz CT molecular complexity index is 1040. The molecule has 0 bridgehead atoms. The van der Waals surface area contributed by atoms with Crippen LogP contribution in [0.2, 0.25) is 10.0 Å². The van der Waals surface area contributed by atoms with E-state index in [9.17, 15) is 14.0 Å². The van der Waals surface area contributed by atoms with E-state index < -0.39 is 17.0 Å². The second kappa shape index (κ2) is 8.98. The number of hydrogen-bond acceptors (Lipinski definition) is 4. The number of halogens is 3. The number of amides is 2. The van der Waals surface area contributed by atoms with E-state index in [-0.39, 0.29) is 22.5 Å². The molecule has 0 aromatic heterocycles. The summed E-state index contributed by atoms with van der Waals surface area (Å²) in [6.45, 7) is 1.68. The average molecular weight is 452 g/mol. The molecule has 29 heavy (non-hydrogen) atoms. The van der Waals surface area contributed by atoms with Gasteiger partial charge in [-0.1, -0.05) is 53.2 Å². The Morgan fingerprint density at radius 3 is 2.62 bits per heavy atom. The number of para-hydroxylation sites is 1. The molecular weight excluding hydrogens is 436 g/mol. The predicted octanol–water partition coefficient (Wildman–Crippen LogP) is 4.74. The number of nitrogens with zero attached hydrogens (tertiary/aromatic N) is 2. The molecule has 0 saturated heterocycles. The molecule has 1 aliphatic heterocycles. The van der Waals surface area contributed by atoms with Gasteiger partial charge >= 0.3 is 0 Å². The van der Waals surface area contributed by atoms with Gasteiger partial charge in [0, 0.05) is 7.05 Å². The lowest BCUT2D eigenvalue weighted by molar-refractivity contribution is -0.119. The third-order valence-electron chi connectivity index (χ3n) is 4.07. The van der Waals surface area contributed by atoms with Crippen molar-refractivity contribution in [2.75, 3.05) is 11.9 Å². The van der Waals surface area contributed by atoms with Crippen LogP contribution in [0.1, 0.15) is 12.5 Å². The SMILES string of the molecule is CNC(=O)C(C)SC1=N/C(=C\c2ccc(Cl)c(Cl)c2)C(=O)N1c1ccccc1F. The summed E-state index contributed by atoms with van der Waals surface area (Å²) in [5.41, 5.74) is 0.772. The second-order valence-electron chi connectivity index (χ2n) is 6.06. The topological polar surface area (TPSA) is 61.8 Å². The zero-order chi connectivity index (χ0) is 21.1.